The van der Waals surface area contributed by atoms with Gasteiger partial charge in [-0.3, -0.25) is 15.1 Å². The lowest BCUT2D eigenvalue weighted by atomic mass is 10.2. The molecule has 0 aliphatic heterocycles. The van der Waals surface area contributed by atoms with Crippen molar-refractivity contribution in [3.63, 3.8) is 0 Å². The number of nitrogens with zero attached hydrogens (tertiary/aromatic N) is 2. The molecule has 0 radical (unpaired) electrons. The Kier molecular flexibility index (Phi) is 9.06. The van der Waals surface area contributed by atoms with Crippen LogP contribution >= 0.6 is 23.3 Å². The summed E-state index contributed by atoms with van der Waals surface area (Å²) in [6, 6.07) is 5.26. The number of amides is 3. The summed E-state index contributed by atoms with van der Waals surface area (Å²) in [6.45, 7) is 2.60. The van der Waals surface area contributed by atoms with Crippen molar-refractivity contribution in [2.24, 2.45) is 5.73 Å². The first-order valence-corrected chi connectivity index (χ1v) is 10.7. The van der Waals surface area contributed by atoms with Crippen LogP contribution in [0.5, 0.6) is 0 Å². The highest BCUT2D eigenvalue weighted by Crippen LogP contribution is 2.32. The molecule has 4 N–H and O–H groups in total. The van der Waals surface area contributed by atoms with E-state index in [2.05, 4.69) is 26.9 Å². The van der Waals surface area contributed by atoms with Gasteiger partial charge in [0.05, 0.1) is 0 Å². The normalized spacial score (nSPS) is 10.6. The van der Waals surface area contributed by atoms with E-state index < -0.39 is 11.9 Å². The van der Waals surface area contributed by atoms with Gasteiger partial charge in [0.2, 0.25) is 0 Å². The van der Waals surface area contributed by atoms with E-state index in [-0.39, 0.29) is 0 Å². The fourth-order valence-electron chi connectivity index (χ4n) is 2.37. The van der Waals surface area contributed by atoms with E-state index in [4.69, 9.17) is 5.73 Å². The smallest absolute Gasteiger partial charge is 0.319 e. The molecular formula is C18H25N5O2S2. The van der Waals surface area contributed by atoms with Crippen molar-refractivity contribution in [2.75, 3.05) is 17.6 Å². The number of primary amides is 1. The van der Waals surface area contributed by atoms with Crippen molar-refractivity contribution < 1.29 is 9.59 Å². The summed E-state index contributed by atoms with van der Waals surface area (Å²) in [4.78, 5) is 28.1. The Morgan fingerprint density at radius 1 is 1.26 bits per heavy atom. The number of thioether (sulfide) groups is 1. The molecule has 2 heterocycles. The maximum absolute atomic E-state index is 12.1. The Hall–Kier alpha value is -2.13. The Morgan fingerprint density at radius 2 is 2.11 bits per heavy atom. The maximum Gasteiger partial charge on any atom is 0.319 e. The van der Waals surface area contributed by atoms with Crippen LogP contribution in [-0.2, 0) is 6.42 Å². The Balaban J connectivity index is 1.85. The molecule has 9 heteroatoms. The summed E-state index contributed by atoms with van der Waals surface area (Å²) in [5, 5.41) is 6.41. The Bertz CT molecular complexity index is 737. The SMILES string of the molecule is CCCCCCSc1nsc(NC(=O)NCCc2ccccn2)c1C(N)=O. The van der Waals surface area contributed by atoms with Crippen molar-refractivity contribution >= 4 is 40.2 Å². The number of anilines is 1. The molecule has 2 aromatic heterocycles. The first-order valence-electron chi connectivity index (χ1n) is 8.98. The number of rotatable bonds is 11. The van der Waals surface area contributed by atoms with Gasteiger partial charge in [0.15, 0.2) is 0 Å². The van der Waals surface area contributed by atoms with E-state index >= 15 is 0 Å². The van der Waals surface area contributed by atoms with Crippen LogP contribution in [0.3, 0.4) is 0 Å². The number of nitrogens with one attached hydrogen (secondary N) is 2. The molecule has 27 heavy (non-hydrogen) atoms. The van der Waals surface area contributed by atoms with Gasteiger partial charge in [-0.1, -0.05) is 32.3 Å². The lowest BCUT2D eigenvalue weighted by Gasteiger charge is -2.07. The van der Waals surface area contributed by atoms with Crippen molar-refractivity contribution in [3.8, 4) is 0 Å². The number of carbonyl (C=O) groups excluding carboxylic acids is 2. The van der Waals surface area contributed by atoms with Gasteiger partial charge < -0.3 is 11.1 Å². The predicted molar refractivity (Wildman–Crippen MR) is 110 cm³/mol. The summed E-state index contributed by atoms with van der Waals surface area (Å²) in [5.41, 5.74) is 6.69. The number of nitrogens with two attached hydrogens (primary N) is 1. The predicted octanol–water partition coefficient (Wildman–Crippen LogP) is 3.67. The monoisotopic (exact) mass is 407 g/mol. The first-order chi connectivity index (χ1) is 13.1. The summed E-state index contributed by atoms with van der Waals surface area (Å²) in [6.07, 6.45) is 6.93. The van der Waals surface area contributed by atoms with Crippen LogP contribution < -0.4 is 16.4 Å². The van der Waals surface area contributed by atoms with Crippen LogP contribution in [0.4, 0.5) is 9.80 Å². The second-order valence-electron chi connectivity index (χ2n) is 5.92. The van der Waals surface area contributed by atoms with Crippen molar-refractivity contribution in [2.45, 2.75) is 44.1 Å². The number of urea groups is 1. The highest BCUT2D eigenvalue weighted by atomic mass is 32.2. The molecule has 0 saturated heterocycles. The Labute approximate surface area is 167 Å². The number of carbonyl (C=O) groups is 2. The van der Waals surface area contributed by atoms with Crippen LogP contribution in [0.1, 0.15) is 48.7 Å². The molecule has 0 bridgehead atoms. The second-order valence-corrected chi connectivity index (χ2v) is 7.77. The van der Waals surface area contributed by atoms with Gasteiger partial charge in [0, 0.05) is 24.9 Å². The fraction of sp³-hybridized carbons (Fsp3) is 0.444. The van der Waals surface area contributed by atoms with Crippen molar-refractivity contribution in [1.29, 1.82) is 0 Å². The van der Waals surface area contributed by atoms with E-state index in [1.807, 2.05) is 18.2 Å². The van der Waals surface area contributed by atoms with Gasteiger partial charge in [-0.25, -0.2) is 4.79 Å². The minimum absolute atomic E-state index is 0.292. The molecule has 2 rings (SSSR count). The standard InChI is InChI=1S/C18H25N5O2S2/c1-2-3-4-7-12-26-17-14(15(19)24)16(27-23-17)22-18(25)21-11-9-13-8-5-6-10-20-13/h5-6,8,10H,2-4,7,9,11-12H2,1H3,(H2,19,24)(H2,21,22,25). The quantitative estimate of drug-likeness (QED) is 0.389. The average Bonchev–Trinajstić information content (AvgIpc) is 3.05. The van der Waals surface area contributed by atoms with E-state index in [0.29, 0.717) is 28.6 Å². The number of unbranched alkanes of at least 4 members (excludes halogenated alkanes) is 3. The lowest BCUT2D eigenvalue weighted by Crippen LogP contribution is -2.31. The van der Waals surface area contributed by atoms with Crippen LogP contribution in [0, 0.1) is 0 Å². The molecule has 0 aliphatic carbocycles. The lowest BCUT2D eigenvalue weighted by molar-refractivity contribution is 0.0998. The molecule has 3 amide bonds. The topological polar surface area (TPSA) is 110 Å². The van der Waals surface area contributed by atoms with Gasteiger partial charge >= 0.3 is 6.03 Å². The third-order valence-corrected chi connectivity index (χ3v) is 5.70. The average molecular weight is 408 g/mol. The van der Waals surface area contributed by atoms with Crippen LogP contribution in [0.2, 0.25) is 0 Å². The summed E-state index contributed by atoms with van der Waals surface area (Å²) >= 11 is 2.58. The minimum atomic E-state index is -0.580. The molecule has 0 aliphatic rings. The largest absolute Gasteiger partial charge is 0.365 e. The van der Waals surface area contributed by atoms with Crippen molar-refractivity contribution in [3.05, 3.63) is 35.7 Å². The highest BCUT2D eigenvalue weighted by molar-refractivity contribution is 7.99. The van der Waals surface area contributed by atoms with Gasteiger partial charge in [0.25, 0.3) is 5.91 Å². The van der Waals surface area contributed by atoms with Gasteiger partial charge in [-0.15, -0.1) is 11.8 Å². The molecule has 146 valence electrons. The molecule has 0 spiro atoms. The van der Waals surface area contributed by atoms with Gasteiger partial charge in [-0.2, -0.15) is 4.37 Å². The molecule has 7 nitrogen and oxygen atoms in total. The van der Waals surface area contributed by atoms with Gasteiger partial charge in [0.1, 0.15) is 15.6 Å². The summed E-state index contributed by atoms with van der Waals surface area (Å²) < 4.78 is 4.29. The second kappa shape index (κ2) is 11.6. The zero-order chi connectivity index (χ0) is 19.5. The van der Waals surface area contributed by atoms with E-state index in [0.717, 1.165) is 35.8 Å². The fourth-order valence-corrected chi connectivity index (χ4v) is 4.34. The molecule has 2 aromatic rings. The van der Waals surface area contributed by atoms with Crippen LogP contribution in [0.15, 0.2) is 29.4 Å². The molecule has 0 atom stereocenters. The molecule has 0 aromatic carbocycles. The molecular weight excluding hydrogens is 382 g/mol. The van der Waals surface area contributed by atoms with Gasteiger partial charge in [-0.05, 0) is 35.8 Å². The number of hydrogen-bond donors (Lipinski definition) is 3. The highest BCUT2D eigenvalue weighted by Gasteiger charge is 2.20. The number of pyridine rings is 1. The molecule has 0 fully saturated rings. The number of hydrogen-bond acceptors (Lipinski definition) is 6. The third kappa shape index (κ3) is 7.18. The van der Waals surface area contributed by atoms with E-state index in [1.165, 1.54) is 24.6 Å². The zero-order valence-electron chi connectivity index (χ0n) is 15.4. The van der Waals surface area contributed by atoms with Crippen LogP contribution in [-0.4, -0.2) is 33.6 Å². The minimum Gasteiger partial charge on any atom is -0.365 e. The summed E-state index contributed by atoms with van der Waals surface area (Å²) in [5.74, 6) is 0.295. The van der Waals surface area contributed by atoms with E-state index in [9.17, 15) is 9.59 Å². The Morgan fingerprint density at radius 3 is 2.81 bits per heavy atom. The molecule has 0 saturated carbocycles. The van der Waals surface area contributed by atoms with E-state index in [1.54, 1.807) is 6.20 Å². The number of aromatic nitrogens is 2. The van der Waals surface area contributed by atoms with Crippen molar-refractivity contribution in [1.82, 2.24) is 14.7 Å². The molecule has 0 unspecified atom stereocenters. The first kappa shape index (κ1) is 21.2. The maximum atomic E-state index is 12.1. The van der Waals surface area contributed by atoms with Crippen LogP contribution in [0.25, 0.3) is 0 Å². The third-order valence-electron chi connectivity index (χ3n) is 3.76. The zero-order valence-corrected chi connectivity index (χ0v) is 17.0. The summed E-state index contributed by atoms with van der Waals surface area (Å²) in [7, 11) is 0.